The fraction of sp³-hybridized carbons (Fsp3) is 0.462. The lowest BCUT2D eigenvalue weighted by Gasteiger charge is -2.24. The van der Waals surface area contributed by atoms with Crippen LogP contribution in [0.5, 0.6) is 0 Å². The number of benzene rings is 1. The quantitative estimate of drug-likeness (QED) is 0.737. The first kappa shape index (κ1) is 16.7. The molecule has 1 saturated heterocycles. The first-order valence-electron chi connectivity index (χ1n) is 6.31. The van der Waals surface area contributed by atoms with E-state index < -0.39 is 9.05 Å². The average molecular weight is 397 g/mol. The van der Waals surface area contributed by atoms with Crippen molar-refractivity contribution in [2.24, 2.45) is 0 Å². The van der Waals surface area contributed by atoms with Crippen LogP contribution < -0.4 is 0 Å². The van der Waals surface area contributed by atoms with E-state index in [0.29, 0.717) is 28.8 Å². The standard InChI is InChI=1S/C13H15BrClNO4S/c1-8-11(5-10(6-12(8)14)21(15,18)19)13(17)16(2)9-3-4-20-7-9/h5-6,9H,3-4,7H2,1-2H3. The highest BCUT2D eigenvalue weighted by Crippen LogP contribution is 2.28. The van der Waals surface area contributed by atoms with Gasteiger partial charge in [0.2, 0.25) is 0 Å². The van der Waals surface area contributed by atoms with E-state index in [1.54, 1.807) is 18.9 Å². The smallest absolute Gasteiger partial charge is 0.261 e. The first-order valence-corrected chi connectivity index (χ1v) is 9.41. The van der Waals surface area contributed by atoms with Crippen molar-refractivity contribution in [2.75, 3.05) is 20.3 Å². The van der Waals surface area contributed by atoms with Crippen LogP contribution >= 0.6 is 26.6 Å². The third-order valence-electron chi connectivity index (χ3n) is 3.60. The topological polar surface area (TPSA) is 63.7 Å². The lowest BCUT2D eigenvalue weighted by Crippen LogP contribution is -2.37. The molecule has 1 atom stereocenters. The fourth-order valence-electron chi connectivity index (χ4n) is 2.20. The molecule has 0 radical (unpaired) electrons. The Balaban J connectivity index is 2.42. The second kappa shape index (κ2) is 6.24. The van der Waals surface area contributed by atoms with Crippen LogP contribution in [0.25, 0.3) is 0 Å². The number of hydrogen-bond acceptors (Lipinski definition) is 4. The monoisotopic (exact) mass is 395 g/mol. The molecular formula is C13H15BrClNO4S. The molecule has 21 heavy (non-hydrogen) atoms. The SMILES string of the molecule is Cc1c(Br)cc(S(=O)(=O)Cl)cc1C(=O)N(C)C1CCOC1. The lowest BCUT2D eigenvalue weighted by molar-refractivity contribution is 0.0710. The minimum atomic E-state index is -3.90. The third kappa shape index (κ3) is 3.59. The summed E-state index contributed by atoms with van der Waals surface area (Å²) in [6.07, 6.45) is 0.774. The molecule has 1 unspecified atom stereocenters. The van der Waals surface area contributed by atoms with Crippen LogP contribution in [-0.2, 0) is 13.8 Å². The van der Waals surface area contributed by atoms with Gasteiger partial charge >= 0.3 is 0 Å². The zero-order valence-corrected chi connectivity index (χ0v) is 14.8. The summed E-state index contributed by atoms with van der Waals surface area (Å²) < 4.78 is 28.8. The predicted molar refractivity (Wildman–Crippen MR) is 83.2 cm³/mol. The van der Waals surface area contributed by atoms with Gasteiger partial charge in [-0.25, -0.2) is 8.42 Å². The molecule has 0 saturated carbocycles. The van der Waals surface area contributed by atoms with Gasteiger partial charge < -0.3 is 9.64 Å². The highest BCUT2D eigenvalue weighted by molar-refractivity contribution is 9.10. The van der Waals surface area contributed by atoms with Crippen molar-refractivity contribution in [3.63, 3.8) is 0 Å². The van der Waals surface area contributed by atoms with Crippen molar-refractivity contribution in [3.05, 3.63) is 27.7 Å². The molecule has 0 bridgehead atoms. The van der Waals surface area contributed by atoms with E-state index in [0.717, 1.165) is 6.42 Å². The lowest BCUT2D eigenvalue weighted by atomic mass is 10.1. The summed E-state index contributed by atoms with van der Waals surface area (Å²) in [4.78, 5) is 14.1. The maximum absolute atomic E-state index is 12.6. The molecule has 1 aliphatic rings. The summed E-state index contributed by atoms with van der Waals surface area (Å²) in [5.74, 6) is -0.245. The summed E-state index contributed by atoms with van der Waals surface area (Å²) >= 11 is 3.27. The molecule has 0 aromatic heterocycles. The van der Waals surface area contributed by atoms with Crippen molar-refractivity contribution in [1.29, 1.82) is 0 Å². The molecule has 1 aliphatic heterocycles. The van der Waals surface area contributed by atoms with Crippen LogP contribution in [0.15, 0.2) is 21.5 Å². The van der Waals surface area contributed by atoms with Crippen molar-refractivity contribution in [1.82, 2.24) is 4.90 Å². The van der Waals surface area contributed by atoms with Gasteiger partial charge in [0.1, 0.15) is 0 Å². The van der Waals surface area contributed by atoms with Crippen LogP contribution in [0, 0.1) is 6.92 Å². The number of nitrogens with zero attached hydrogens (tertiary/aromatic N) is 1. The molecule has 1 aromatic carbocycles. The molecule has 116 valence electrons. The normalized spacial score (nSPS) is 18.8. The second-order valence-electron chi connectivity index (χ2n) is 4.95. The number of hydrogen-bond donors (Lipinski definition) is 0. The second-order valence-corrected chi connectivity index (χ2v) is 8.37. The average Bonchev–Trinajstić information content (AvgIpc) is 2.92. The van der Waals surface area contributed by atoms with E-state index in [1.807, 2.05) is 0 Å². The van der Waals surface area contributed by atoms with E-state index in [-0.39, 0.29) is 16.8 Å². The van der Waals surface area contributed by atoms with Gasteiger partial charge in [0.05, 0.1) is 17.5 Å². The highest BCUT2D eigenvalue weighted by Gasteiger charge is 2.27. The molecule has 8 heteroatoms. The Morgan fingerprint density at radius 2 is 2.14 bits per heavy atom. The molecule has 0 N–H and O–H groups in total. The number of likely N-dealkylation sites (N-methyl/N-ethyl adjacent to an activating group) is 1. The van der Waals surface area contributed by atoms with Crippen molar-refractivity contribution in [3.8, 4) is 0 Å². The van der Waals surface area contributed by atoms with Crippen molar-refractivity contribution < 1.29 is 17.9 Å². The van der Waals surface area contributed by atoms with Crippen LogP contribution in [0.1, 0.15) is 22.3 Å². The van der Waals surface area contributed by atoms with Crippen LogP contribution in [0.2, 0.25) is 0 Å². The van der Waals surface area contributed by atoms with Gasteiger partial charge in [0, 0.05) is 34.4 Å². The maximum Gasteiger partial charge on any atom is 0.261 e. The third-order valence-corrected chi connectivity index (χ3v) is 5.76. The number of carbonyl (C=O) groups excluding carboxylic acids is 1. The zero-order chi connectivity index (χ0) is 15.8. The highest BCUT2D eigenvalue weighted by atomic mass is 79.9. The summed E-state index contributed by atoms with van der Waals surface area (Å²) in [5.41, 5.74) is 0.993. The molecule has 1 fully saturated rings. The van der Waals surface area contributed by atoms with E-state index in [1.165, 1.54) is 12.1 Å². The first-order chi connectivity index (χ1) is 9.71. The van der Waals surface area contributed by atoms with E-state index in [2.05, 4.69) is 15.9 Å². The molecule has 2 rings (SSSR count). The minimum absolute atomic E-state index is 0.00643. The number of carbonyl (C=O) groups is 1. The Bertz CT molecular complexity index is 671. The van der Waals surface area contributed by atoms with Crippen molar-refractivity contribution in [2.45, 2.75) is 24.3 Å². The van der Waals surface area contributed by atoms with E-state index in [4.69, 9.17) is 15.4 Å². The Hall–Kier alpha value is -0.630. The maximum atomic E-state index is 12.6. The number of ether oxygens (including phenoxy) is 1. The number of rotatable bonds is 3. The largest absolute Gasteiger partial charge is 0.379 e. The molecule has 5 nitrogen and oxygen atoms in total. The van der Waals surface area contributed by atoms with Crippen LogP contribution in [0.3, 0.4) is 0 Å². The van der Waals surface area contributed by atoms with Gasteiger partial charge in [0.15, 0.2) is 0 Å². The Labute approximate surface area is 136 Å². The van der Waals surface area contributed by atoms with E-state index in [9.17, 15) is 13.2 Å². The Kier molecular flexibility index (Phi) is 4.97. The van der Waals surface area contributed by atoms with Gasteiger partial charge in [-0.2, -0.15) is 0 Å². The Morgan fingerprint density at radius 3 is 2.67 bits per heavy atom. The summed E-state index contributed by atoms with van der Waals surface area (Å²) in [6, 6.07) is 2.72. The molecule has 1 aromatic rings. The fourth-order valence-corrected chi connectivity index (χ4v) is 3.60. The van der Waals surface area contributed by atoms with Gasteiger partial charge in [-0.3, -0.25) is 4.79 Å². The molecular weight excluding hydrogens is 382 g/mol. The zero-order valence-electron chi connectivity index (χ0n) is 11.6. The Morgan fingerprint density at radius 1 is 1.48 bits per heavy atom. The summed E-state index contributed by atoms with van der Waals surface area (Å²) in [7, 11) is 3.17. The van der Waals surface area contributed by atoms with Gasteiger partial charge in [-0.05, 0) is 31.0 Å². The van der Waals surface area contributed by atoms with Crippen LogP contribution in [-0.4, -0.2) is 45.5 Å². The molecule has 0 spiro atoms. The van der Waals surface area contributed by atoms with Gasteiger partial charge in [-0.1, -0.05) is 15.9 Å². The number of halogens is 2. The molecule has 1 heterocycles. The van der Waals surface area contributed by atoms with Crippen LogP contribution in [0.4, 0.5) is 0 Å². The van der Waals surface area contributed by atoms with Crippen molar-refractivity contribution >= 4 is 41.6 Å². The summed E-state index contributed by atoms with van der Waals surface area (Å²) in [6.45, 7) is 2.87. The summed E-state index contributed by atoms with van der Waals surface area (Å²) in [5, 5.41) is 0. The minimum Gasteiger partial charge on any atom is -0.379 e. The van der Waals surface area contributed by atoms with Gasteiger partial charge in [0.25, 0.3) is 15.0 Å². The predicted octanol–water partition coefficient (Wildman–Crippen LogP) is 2.55. The number of amides is 1. The van der Waals surface area contributed by atoms with Gasteiger partial charge in [-0.15, -0.1) is 0 Å². The molecule has 1 amide bonds. The van der Waals surface area contributed by atoms with E-state index >= 15 is 0 Å². The molecule has 0 aliphatic carbocycles.